The fourth-order valence-electron chi connectivity index (χ4n) is 2.68. The molecule has 2 aromatic rings. The minimum absolute atomic E-state index is 0.429. The van der Waals surface area contributed by atoms with Crippen LogP contribution in [0.1, 0.15) is 43.7 Å². The minimum Gasteiger partial charge on any atom is -0.490 e. The number of primary amides is 1. The van der Waals surface area contributed by atoms with Crippen molar-refractivity contribution in [3.8, 4) is 11.5 Å². The number of carbonyl (C=O) groups excluding carboxylic acids is 1. The van der Waals surface area contributed by atoms with Gasteiger partial charge in [-0.3, -0.25) is 0 Å². The largest absolute Gasteiger partial charge is 0.490 e. The van der Waals surface area contributed by atoms with E-state index in [-0.39, 0.29) is 0 Å². The van der Waals surface area contributed by atoms with Gasteiger partial charge in [0.05, 0.1) is 6.21 Å². The Balaban J connectivity index is 1.69. The maximum absolute atomic E-state index is 10.6. The number of amides is 2. The number of hydrogen-bond donors (Lipinski definition) is 2. The summed E-state index contributed by atoms with van der Waals surface area (Å²) in [7, 11) is 0. The first kappa shape index (κ1) is 21.3. The summed E-state index contributed by atoms with van der Waals surface area (Å²) in [5.41, 5.74) is 9.25. The van der Waals surface area contributed by atoms with Gasteiger partial charge in [-0.2, -0.15) is 5.10 Å². The Labute approximate surface area is 166 Å². The Morgan fingerprint density at radius 1 is 1.04 bits per heavy atom. The van der Waals surface area contributed by atoms with Gasteiger partial charge in [0.15, 0.2) is 0 Å². The lowest BCUT2D eigenvalue weighted by atomic mass is 10.1. The fourth-order valence-corrected chi connectivity index (χ4v) is 2.68. The predicted molar refractivity (Wildman–Crippen MR) is 112 cm³/mol. The number of hydrogen-bond acceptors (Lipinski definition) is 4. The third-order valence-corrected chi connectivity index (χ3v) is 4.11. The zero-order valence-corrected chi connectivity index (χ0v) is 16.4. The zero-order chi connectivity index (χ0) is 20.0. The van der Waals surface area contributed by atoms with Gasteiger partial charge in [0.25, 0.3) is 0 Å². The molecule has 0 spiro atoms. The van der Waals surface area contributed by atoms with Crippen LogP contribution >= 0.6 is 0 Å². The summed E-state index contributed by atoms with van der Waals surface area (Å²) >= 11 is 0. The van der Waals surface area contributed by atoms with E-state index < -0.39 is 6.03 Å². The van der Waals surface area contributed by atoms with E-state index in [4.69, 9.17) is 15.2 Å². The number of hydrazone groups is 1. The average molecular weight is 383 g/mol. The Bertz CT molecular complexity index is 745. The van der Waals surface area contributed by atoms with Crippen LogP contribution in [0.5, 0.6) is 11.5 Å². The third kappa shape index (κ3) is 8.58. The number of urea groups is 1. The van der Waals surface area contributed by atoms with Crippen LogP contribution < -0.4 is 20.6 Å². The number of ether oxygens (including phenoxy) is 2. The summed E-state index contributed by atoms with van der Waals surface area (Å²) in [5.74, 6) is 1.55. The van der Waals surface area contributed by atoms with Crippen molar-refractivity contribution in [3.05, 3.63) is 59.7 Å². The molecule has 2 aromatic carbocycles. The monoisotopic (exact) mass is 383 g/mol. The van der Waals surface area contributed by atoms with Gasteiger partial charge in [-0.1, -0.05) is 50.5 Å². The summed E-state index contributed by atoms with van der Waals surface area (Å²) in [6.45, 7) is 3.11. The molecule has 3 N–H and O–H groups in total. The van der Waals surface area contributed by atoms with E-state index in [0.29, 0.717) is 19.0 Å². The lowest BCUT2D eigenvalue weighted by molar-refractivity contribution is 0.217. The van der Waals surface area contributed by atoms with E-state index in [1.54, 1.807) is 0 Å². The number of nitrogens with one attached hydrogen (secondary N) is 1. The molecule has 150 valence electrons. The summed E-state index contributed by atoms with van der Waals surface area (Å²) in [6, 6.07) is 14.9. The maximum atomic E-state index is 10.6. The molecule has 0 radical (unpaired) electrons. The van der Waals surface area contributed by atoms with E-state index in [1.165, 1.54) is 37.5 Å². The first-order valence-electron chi connectivity index (χ1n) is 9.70. The molecular formula is C22H29N3O3. The van der Waals surface area contributed by atoms with E-state index >= 15 is 0 Å². The Kier molecular flexibility index (Phi) is 9.41. The number of benzene rings is 2. The SMILES string of the molecule is CCCCCCc1ccc(OCCOc2cccc(/C=N/NC(N)=O)c2)cc1. The molecule has 0 aliphatic rings. The quantitative estimate of drug-likeness (QED) is 0.326. The van der Waals surface area contributed by atoms with Crippen molar-refractivity contribution in [3.63, 3.8) is 0 Å². The molecule has 0 bridgehead atoms. The number of nitrogens with two attached hydrogens (primary N) is 1. The van der Waals surface area contributed by atoms with E-state index in [1.807, 2.05) is 36.4 Å². The van der Waals surface area contributed by atoms with E-state index in [2.05, 4.69) is 29.6 Å². The van der Waals surface area contributed by atoms with Gasteiger partial charge < -0.3 is 15.2 Å². The summed E-state index contributed by atoms with van der Waals surface area (Å²) < 4.78 is 11.4. The molecule has 6 heteroatoms. The van der Waals surface area contributed by atoms with Crippen LogP contribution in [0.25, 0.3) is 0 Å². The van der Waals surface area contributed by atoms with Crippen LogP contribution in [0.4, 0.5) is 4.79 Å². The number of nitrogens with zero attached hydrogens (tertiary/aromatic N) is 1. The van der Waals surface area contributed by atoms with Crippen LogP contribution in [-0.2, 0) is 6.42 Å². The topological polar surface area (TPSA) is 85.9 Å². The van der Waals surface area contributed by atoms with Crippen molar-refractivity contribution in [2.75, 3.05) is 13.2 Å². The lowest BCUT2D eigenvalue weighted by Gasteiger charge is -2.09. The number of unbranched alkanes of at least 4 members (excludes halogenated alkanes) is 3. The minimum atomic E-state index is -0.703. The fraction of sp³-hybridized carbons (Fsp3) is 0.364. The molecule has 0 saturated heterocycles. The van der Waals surface area contributed by atoms with Crippen LogP contribution in [0.3, 0.4) is 0 Å². The molecular weight excluding hydrogens is 354 g/mol. The van der Waals surface area contributed by atoms with Crippen molar-refractivity contribution < 1.29 is 14.3 Å². The third-order valence-electron chi connectivity index (χ3n) is 4.11. The van der Waals surface area contributed by atoms with Crippen molar-refractivity contribution in [1.29, 1.82) is 0 Å². The second-order valence-electron chi connectivity index (χ2n) is 6.46. The maximum Gasteiger partial charge on any atom is 0.332 e. The Hall–Kier alpha value is -3.02. The first-order valence-corrected chi connectivity index (χ1v) is 9.70. The lowest BCUT2D eigenvalue weighted by Crippen LogP contribution is -2.24. The standard InChI is InChI=1S/C22H29N3O3/c1-2-3-4-5-7-18-10-12-20(13-11-18)27-14-15-28-21-9-6-8-19(16-21)17-24-25-22(23)26/h6,8-13,16-17H,2-5,7,14-15H2,1H3,(H3,23,25,26)/b24-17+. The summed E-state index contributed by atoms with van der Waals surface area (Å²) in [4.78, 5) is 10.6. The van der Waals surface area contributed by atoms with Gasteiger partial charge in [0.2, 0.25) is 0 Å². The molecule has 28 heavy (non-hydrogen) atoms. The molecule has 0 fully saturated rings. The molecule has 2 amide bonds. The van der Waals surface area contributed by atoms with Crippen molar-refractivity contribution >= 4 is 12.2 Å². The van der Waals surface area contributed by atoms with Crippen LogP contribution in [0.2, 0.25) is 0 Å². The van der Waals surface area contributed by atoms with Crippen LogP contribution in [-0.4, -0.2) is 25.5 Å². The van der Waals surface area contributed by atoms with Gasteiger partial charge in [-0.05, 0) is 48.2 Å². The molecule has 2 rings (SSSR count). The first-order chi connectivity index (χ1) is 13.7. The molecule has 0 aliphatic heterocycles. The smallest absolute Gasteiger partial charge is 0.332 e. The number of carbonyl (C=O) groups is 1. The molecule has 0 aliphatic carbocycles. The molecule has 6 nitrogen and oxygen atoms in total. The molecule has 0 heterocycles. The average Bonchev–Trinajstić information content (AvgIpc) is 2.70. The van der Waals surface area contributed by atoms with Crippen LogP contribution in [0.15, 0.2) is 53.6 Å². The van der Waals surface area contributed by atoms with Gasteiger partial charge in [-0.25, -0.2) is 10.2 Å². The van der Waals surface area contributed by atoms with Crippen molar-refractivity contribution in [2.45, 2.75) is 39.0 Å². The van der Waals surface area contributed by atoms with Gasteiger partial charge in [-0.15, -0.1) is 0 Å². The summed E-state index contributed by atoms with van der Waals surface area (Å²) in [5, 5.41) is 3.72. The molecule has 0 unspecified atom stereocenters. The Morgan fingerprint density at radius 3 is 2.50 bits per heavy atom. The van der Waals surface area contributed by atoms with Crippen molar-refractivity contribution in [1.82, 2.24) is 5.43 Å². The number of aryl methyl sites for hydroxylation is 1. The molecule has 0 atom stereocenters. The predicted octanol–water partition coefficient (Wildman–Crippen LogP) is 4.27. The highest BCUT2D eigenvalue weighted by Crippen LogP contribution is 2.15. The van der Waals surface area contributed by atoms with Gasteiger partial charge >= 0.3 is 6.03 Å². The van der Waals surface area contributed by atoms with Gasteiger partial charge in [0, 0.05) is 0 Å². The highest BCUT2D eigenvalue weighted by Gasteiger charge is 1.99. The highest BCUT2D eigenvalue weighted by molar-refractivity contribution is 5.81. The van der Waals surface area contributed by atoms with Crippen molar-refractivity contribution in [2.24, 2.45) is 10.8 Å². The van der Waals surface area contributed by atoms with Gasteiger partial charge in [0.1, 0.15) is 24.7 Å². The highest BCUT2D eigenvalue weighted by atomic mass is 16.5. The van der Waals surface area contributed by atoms with E-state index in [0.717, 1.165) is 17.7 Å². The van der Waals surface area contributed by atoms with E-state index in [9.17, 15) is 4.79 Å². The second-order valence-corrected chi connectivity index (χ2v) is 6.46. The van der Waals surface area contributed by atoms with Crippen LogP contribution in [0, 0.1) is 0 Å². The number of rotatable bonds is 12. The molecule has 0 aromatic heterocycles. The Morgan fingerprint density at radius 2 is 1.79 bits per heavy atom. The second kappa shape index (κ2) is 12.4. The summed E-state index contributed by atoms with van der Waals surface area (Å²) in [6.07, 6.45) is 7.72. The molecule has 0 saturated carbocycles. The zero-order valence-electron chi connectivity index (χ0n) is 16.4. The normalized spacial score (nSPS) is 10.8.